The number of ether oxygens (including phenoxy) is 3. The maximum atomic E-state index is 11.9. The first-order valence-corrected chi connectivity index (χ1v) is 7.59. The van der Waals surface area contributed by atoms with E-state index in [2.05, 4.69) is 10.2 Å². The van der Waals surface area contributed by atoms with Crippen LogP contribution in [0.15, 0.2) is 29.6 Å². The summed E-state index contributed by atoms with van der Waals surface area (Å²) in [6, 6.07) is 6.07. The topological polar surface area (TPSA) is 118 Å². The number of hydrogen-bond donors (Lipinski definition) is 0. The lowest BCUT2D eigenvalue weighted by Gasteiger charge is -2.09. The summed E-state index contributed by atoms with van der Waals surface area (Å²) in [5.41, 5.74) is 0.0533. The molecule has 0 atom stereocenters. The Morgan fingerprint density at radius 1 is 1.04 bits per heavy atom. The lowest BCUT2D eigenvalue weighted by molar-refractivity contribution is -0.152. The third kappa shape index (κ3) is 8.45. The Kier molecular flexibility index (Phi) is 9.27. The predicted octanol–water partition coefficient (Wildman–Crippen LogP) is 2.53. The van der Waals surface area contributed by atoms with Gasteiger partial charge in [0.05, 0.1) is 0 Å². The molecule has 9 nitrogen and oxygen atoms in total. The summed E-state index contributed by atoms with van der Waals surface area (Å²) in [5, 5.41) is 2.25. The van der Waals surface area contributed by atoms with E-state index >= 15 is 0 Å². The molecule has 0 aliphatic rings. The molecule has 0 radical (unpaired) electrons. The van der Waals surface area contributed by atoms with Crippen molar-refractivity contribution in [2.24, 2.45) is 5.34 Å². The van der Waals surface area contributed by atoms with Gasteiger partial charge in [-0.3, -0.25) is 9.59 Å². The first-order valence-electron chi connectivity index (χ1n) is 7.59. The van der Waals surface area contributed by atoms with Gasteiger partial charge < -0.3 is 19.0 Å². The minimum absolute atomic E-state index is 0.0533. The van der Waals surface area contributed by atoms with Crippen LogP contribution >= 0.6 is 0 Å². The molecule has 0 spiro atoms. The maximum Gasteiger partial charge on any atom is 0.344 e. The Morgan fingerprint density at radius 2 is 1.80 bits per heavy atom. The minimum Gasteiger partial charge on any atom is -0.428 e. The van der Waals surface area contributed by atoms with Crippen LogP contribution < -0.4 is 4.74 Å². The number of esters is 3. The van der Waals surface area contributed by atoms with E-state index < -0.39 is 24.7 Å². The smallest absolute Gasteiger partial charge is 0.344 e. The van der Waals surface area contributed by atoms with Crippen molar-refractivity contribution in [2.75, 3.05) is 13.4 Å². The molecule has 0 aromatic heterocycles. The van der Waals surface area contributed by atoms with Crippen LogP contribution in [0.4, 0.5) is 0 Å². The molecular formula is C16H19NO8. The van der Waals surface area contributed by atoms with E-state index in [0.717, 1.165) is 0 Å². The van der Waals surface area contributed by atoms with Gasteiger partial charge in [-0.25, -0.2) is 4.79 Å². The van der Waals surface area contributed by atoms with Gasteiger partial charge in [-0.2, -0.15) is 0 Å². The van der Waals surface area contributed by atoms with Crippen LogP contribution in [0.25, 0.3) is 0 Å². The molecule has 1 aromatic rings. The van der Waals surface area contributed by atoms with E-state index in [9.17, 15) is 19.3 Å². The predicted molar refractivity (Wildman–Crippen MR) is 84.3 cm³/mol. The molecule has 0 N–H and O–H groups in total. The van der Waals surface area contributed by atoms with Crippen LogP contribution in [0.2, 0.25) is 0 Å². The minimum atomic E-state index is -0.775. The highest BCUT2D eigenvalue weighted by Crippen LogP contribution is 2.19. The van der Waals surface area contributed by atoms with E-state index in [1.165, 1.54) is 19.1 Å². The van der Waals surface area contributed by atoms with Crippen LogP contribution in [0.3, 0.4) is 0 Å². The highest BCUT2D eigenvalue weighted by atomic mass is 16.7. The molecule has 0 bridgehead atoms. The van der Waals surface area contributed by atoms with Gasteiger partial charge in [0.2, 0.25) is 6.79 Å². The summed E-state index contributed by atoms with van der Waals surface area (Å²) in [6.07, 6.45) is 1.96. The molecule has 25 heavy (non-hydrogen) atoms. The van der Waals surface area contributed by atoms with Crippen molar-refractivity contribution in [1.82, 2.24) is 0 Å². The lowest BCUT2D eigenvalue weighted by Crippen LogP contribution is -2.14. The SMILES string of the molecule is CC(=O)Oc1ccccc1C(=O)OCOC(=O)CCCCCON=O. The molecule has 0 aliphatic heterocycles. The number of para-hydroxylation sites is 1. The first kappa shape index (κ1) is 20.1. The van der Waals surface area contributed by atoms with Crippen molar-refractivity contribution in [2.45, 2.75) is 32.6 Å². The van der Waals surface area contributed by atoms with Crippen LogP contribution in [0.5, 0.6) is 5.75 Å². The quantitative estimate of drug-likeness (QED) is 0.149. The van der Waals surface area contributed by atoms with Gasteiger partial charge in [0.25, 0.3) is 0 Å². The van der Waals surface area contributed by atoms with Gasteiger partial charge in [0.1, 0.15) is 17.9 Å². The maximum absolute atomic E-state index is 11.9. The molecule has 1 rings (SSSR count). The first-order chi connectivity index (χ1) is 12.0. The van der Waals surface area contributed by atoms with Gasteiger partial charge in [-0.1, -0.05) is 12.1 Å². The molecular weight excluding hydrogens is 334 g/mol. The zero-order valence-electron chi connectivity index (χ0n) is 13.8. The second kappa shape index (κ2) is 11.5. The number of hydrogen-bond acceptors (Lipinski definition) is 9. The monoisotopic (exact) mass is 353 g/mol. The second-order valence-electron chi connectivity index (χ2n) is 4.87. The third-order valence-electron chi connectivity index (χ3n) is 2.94. The largest absolute Gasteiger partial charge is 0.428 e. The van der Waals surface area contributed by atoms with Crippen LogP contribution in [-0.4, -0.2) is 31.3 Å². The summed E-state index contributed by atoms with van der Waals surface area (Å²) in [5.74, 6) is -1.79. The van der Waals surface area contributed by atoms with Gasteiger partial charge in [-0.05, 0) is 31.4 Å². The summed E-state index contributed by atoms with van der Waals surface area (Å²) in [7, 11) is 0. The van der Waals surface area contributed by atoms with E-state index in [1.807, 2.05) is 0 Å². The fourth-order valence-corrected chi connectivity index (χ4v) is 1.83. The average molecular weight is 353 g/mol. The van der Waals surface area contributed by atoms with Crippen molar-refractivity contribution in [3.63, 3.8) is 0 Å². The average Bonchev–Trinajstić information content (AvgIpc) is 2.58. The van der Waals surface area contributed by atoms with Gasteiger partial charge in [0.15, 0.2) is 5.34 Å². The number of carbonyl (C=O) groups is 3. The highest BCUT2D eigenvalue weighted by molar-refractivity contribution is 5.93. The molecule has 0 heterocycles. The van der Waals surface area contributed by atoms with Gasteiger partial charge in [-0.15, -0.1) is 4.91 Å². The lowest BCUT2D eigenvalue weighted by atomic mass is 10.2. The Labute approximate surface area is 144 Å². The molecule has 1 aromatic carbocycles. The Morgan fingerprint density at radius 3 is 2.52 bits per heavy atom. The van der Waals surface area contributed by atoms with Crippen molar-refractivity contribution >= 4 is 17.9 Å². The Hall–Kier alpha value is -2.97. The standard InChI is InChI=1S/C16H19NO8/c1-12(18)25-14-8-5-4-7-13(14)16(20)23-11-22-15(19)9-3-2-6-10-24-17-21/h4-5,7-8H,2-3,6,9-11H2,1H3. The summed E-state index contributed by atoms with van der Waals surface area (Å²) in [6.45, 7) is 0.883. The van der Waals surface area contributed by atoms with E-state index in [-0.39, 0.29) is 24.3 Å². The van der Waals surface area contributed by atoms with Crippen molar-refractivity contribution in [1.29, 1.82) is 0 Å². The second-order valence-corrected chi connectivity index (χ2v) is 4.87. The molecule has 0 fully saturated rings. The fourth-order valence-electron chi connectivity index (χ4n) is 1.83. The van der Waals surface area contributed by atoms with Crippen molar-refractivity contribution in [3.05, 3.63) is 34.7 Å². The summed E-state index contributed by atoms with van der Waals surface area (Å²) < 4.78 is 14.5. The van der Waals surface area contributed by atoms with Crippen molar-refractivity contribution < 1.29 is 33.4 Å². The zero-order chi connectivity index (χ0) is 18.5. The highest BCUT2D eigenvalue weighted by Gasteiger charge is 2.15. The Bertz CT molecular complexity index is 602. The summed E-state index contributed by atoms with van der Waals surface area (Å²) in [4.78, 5) is 48.4. The van der Waals surface area contributed by atoms with Crippen LogP contribution in [-0.2, 0) is 23.9 Å². The van der Waals surface area contributed by atoms with E-state index in [0.29, 0.717) is 19.3 Å². The van der Waals surface area contributed by atoms with Crippen molar-refractivity contribution in [3.8, 4) is 5.75 Å². The fraction of sp³-hybridized carbons (Fsp3) is 0.438. The molecule has 0 amide bonds. The third-order valence-corrected chi connectivity index (χ3v) is 2.94. The van der Waals surface area contributed by atoms with Crippen LogP contribution in [0.1, 0.15) is 43.0 Å². The molecule has 0 unspecified atom stereocenters. The molecule has 0 saturated carbocycles. The van der Waals surface area contributed by atoms with Gasteiger partial charge in [0, 0.05) is 13.3 Å². The molecule has 136 valence electrons. The van der Waals surface area contributed by atoms with E-state index in [1.54, 1.807) is 12.1 Å². The Balaban J connectivity index is 2.29. The molecule has 9 heteroatoms. The van der Waals surface area contributed by atoms with Gasteiger partial charge >= 0.3 is 17.9 Å². The molecule has 0 saturated heterocycles. The number of rotatable bonds is 11. The van der Waals surface area contributed by atoms with E-state index in [4.69, 9.17) is 14.2 Å². The normalized spacial score (nSPS) is 9.80. The number of unbranched alkanes of at least 4 members (excludes halogenated alkanes) is 2. The number of nitrogens with zero attached hydrogens (tertiary/aromatic N) is 1. The zero-order valence-corrected chi connectivity index (χ0v) is 13.8. The summed E-state index contributed by atoms with van der Waals surface area (Å²) >= 11 is 0. The van der Waals surface area contributed by atoms with Crippen LogP contribution in [0, 0.1) is 4.91 Å². The number of benzene rings is 1. The molecule has 0 aliphatic carbocycles. The number of carbonyl (C=O) groups excluding carboxylic acids is 3.